The maximum atomic E-state index is 12.8. The molecular weight excluding hydrogens is 322 g/mol. The number of amides is 1. The Bertz CT molecular complexity index is 684. The van der Waals surface area contributed by atoms with E-state index in [1.54, 1.807) is 4.90 Å². The van der Waals surface area contributed by atoms with Crippen LogP contribution in [0.1, 0.15) is 32.1 Å². The smallest absolute Gasteiger partial charge is 0.328 e. The fourth-order valence-electron chi connectivity index (χ4n) is 3.13. The molecule has 25 heavy (non-hydrogen) atoms. The first-order valence-electron chi connectivity index (χ1n) is 8.47. The highest BCUT2D eigenvalue weighted by Crippen LogP contribution is 2.27. The largest absolute Gasteiger partial charge is 0.454 e. The van der Waals surface area contributed by atoms with Crippen molar-refractivity contribution in [1.29, 1.82) is 0 Å². The summed E-state index contributed by atoms with van der Waals surface area (Å²) in [4.78, 5) is 26.4. The van der Waals surface area contributed by atoms with Gasteiger partial charge in [-0.15, -0.1) is 5.10 Å². The van der Waals surface area contributed by atoms with Gasteiger partial charge >= 0.3 is 5.97 Å². The van der Waals surface area contributed by atoms with Gasteiger partial charge in [-0.05, 0) is 35.4 Å². The molecule has 0 bridgehead atoms. The molecule has 0 saturated heterocycles. The maximum absolute atomic E-state index is 12.8. The van der Waals surface area contributed by atoms with E-state index >= 15 is 0 Å². The summed E-state index contributed by atoms with van der Waals surface area (Å²) < 4.78 is 6.38. The highest BCUT2D eigenvalue weighted by molar-refractivity contribution is 5.95. The third-order valence-corrected chi connectivity index (χ3v) is 4.28. The number of anilines is 1. The Morgan fingerprint density at radius 1 is 1.16 bits per heavy atom. The quantitative estimate of drug-likeness (QED) is 0.740. The number of esters is 1. The van der Waals surface area contributed by atoms with Crippen LogP contribution in [0.4, 0.5) is 5.69 Å². The molecule has 0 N–H and O–H groups in total. The van der Waals surface area contributed by atoms with Gasteiger partial charge in [-0.1, -0.05) is 37.5 Å². The Balaban J connectivity index is 1.63. The standard InChI is InChI=1S/C17H21N5O3/c23-16(12-25-17(24)11-21-13-18-19-20-21)22(14-7-3-1-4-8-14)15-9-5-2-6-10-15/h1,3-4,7-8,13,15H,2,5-6,9-12H2. The van der Waals surface area contributed by atoms with Crippen molar-refractivity contribution in [3.05, 3.63) is 36.7 Å². The van der Waals surface area contributed by atoms with Crippen molar-refractivity contribution in [2.45, 2.75) is 44.7 Å². The van der Waals surface area contributed by atoms with Crippen LogP contribution in [0.2, 0.25) is 0 Å². The van der Waals surface area contributed by atoms with Crippen LogP contribution in [0.25, 0.3) is 0 Å². The van der Waals surface area contributed by atoms with Gasteiger partial charge in [0.1, 0.15) is 12.9 Å². The van der Waals surface area contributed by atoms with Gasteiger partial charge in [0.2, 0.25) is 0 Å². The first-order chi connectivity index (χ1) is 12.2. The van der Waals surface area contributed by atoms with E-state index in [4.69, 9.17) is 4.74 Å². The minimum atomic E-state index is -0.544. The van der Waals surface area contributed by atoms with E-state index < -0.39 is 5.97 Å². The zero-order valence-electron chi connectivity index (χ0n) is 14.0. The molecule has 1 heterocycles. The molecule has 3 rings (SSSR count). The van der Waals surface area contributed by atoms with Crippen molar-refractivity contribution in [1.82, 2.24) is 20.2 Å². The van der Waals surface area contributed by atoms with Crippen LogP contribution in [0.15, 0.2) is 36.7 Å². The second kappa shape index (κ2) is 8.36. The topological polar surface area (TPSA) is 90.2 Å². The van der Waals surface area contributed by atoms with Crippen LogP contribution >= 0.6 is 0 Å². The van der Waals surface area contributed by atoms with E-state index in [1.165, 1.54) is 17.4 Å². The Morgan fingerprint density at radius 2 is 1.92 bits per heavy atom. The third-order valence-electron chi connectivity index (χ3n) is 4.28. The van der Waals surface area contributed by atoms with Gasteiger partial charge in [-0.2, -0.15) is 0 Å². The zero-order valence-corrected chi connectivity index (χ0v) is 14.0. The first-order valence-corrected chi connectivity index (χ1v) is 8.47. The van der Waals surface area contributed by atoms with Crippen molar-refractivity contribution >= 4 is 17.6 Å². The summed E-state index contributed by atoms with van der Waals surface area (Å²) in [5, 5.41) is 10.5. The summed E-state index contributed by atoms with van der Waals surface area (Å²) >= 11 is 0. The van der Waals surface area contributed by atoms with Crippen LogP contribution in [0, 0.1) is 0 Å². The van der Waals surface area contributed by atoms with Crippen LogP contribution in [0.3, 0.4) is 0 Å². The van der Waals surface area contributed by atoms with Crippen molar-refractivity contribution in [2.24, 2.45) is 0 Å². The second-order valence-corrected chi connectivity index (χ2v) is 6.06. The number of hydrogen-bond donors (Lipinski definition) is 0. The summed E-state index contributed by atoms with van der Waals surface area (Å²) in [6.45, 7) is -0.401. The number of hydrogen-bond acceptors (Lipinski definition) is 6. The molecule has 8 heteroatoms. The zero-order chi connectivity index (χ0) is 17.5. The predicted molar refractivity (Wildman–Crippen MR) is 89.6 cm³/mol. The third kappa shape index (κ3) is 4.62. The van der Waals surface area contributed by atoms with Gasteiger partial charge in [-0.3, -0.25) is 9.59 Å². The minimum Gasteiger partial charge on any atom is -0.454 e. The molecule has 132 valence electrons. The molecule has 0 spiro atoms. The van der Waals surface area contributed by atoms with Crippen LogP contribution in [-0.2, 0) is 20.9 Å². The van der Waals surface area contributed by atoms with E-state index in [0.29, 0.717) is 0 Å². The second-order valence-electron chi connectivity index (χ2n) is 6.06. The number of carbonyl (C=O) groups excluding carboxylic acids is 2. The lowest BCUT2D eigenvalue weighted by atomic mass is 9.93. The van der Waals surface area contributed by atoms with Crippen LogP contribution < -0.4 is 4.90 Å². The number of carbonyl (C=O) groups is 2. The molecule has 1 aliphatic rings. The lowest BCUT2D eigenvalue weighted by molar-refractivity contribution is -0.148. The monoisotopic (exact) mass is 343 g/mol. The van der Waals surface area contributed by atoms with E-state index in [9.17, 15) is 9.59 Å². The molecule has 0 aliphatic heterocycles. The van der Waals surface area contributed by atoms with Gasteiger partial charge < -0.3 is 9.64 Å². The summed E-state index contributed by atoms with van der Waals surface area (Å²) in [5.41, 5.74) is 0.843. The van der Waals surface area contributed by atoms with Gasteiger partial charge in [0, 0.05) is 11.7 Å². The average molecular weight is 343 g/mol. The summed E-state index contributed by atoms with van der Waals surface area (Å²) in [6, 6.07) is 9.70. The molecular formula is C17H21N5O3. The van der Waals surface area contributed by atoms with Gasteiger partial charge in [0.15, 0.2) is 6.61 Å². The van der Waals surface area contributed by atoms with E-state index in [0.717, 1.165) is 31.4 Å². The number of benzene rings is 1. The Kier molecular flexibility index (Phi) is 5.71. The molecule has 0 atom stereocenters. The molecule has 0 unspecified atom stereocenters. The number of nitrogens with zero attached hydrogens (tertiary/aromatic N) is 5. The molecule has 1 aromatic carbocycles. The maximum Gasteiger partial charge on any atom is 0.328 e. The molecule has 1 amide bonds. The number of rotatable bonds is 6. The molecule has 1 saturated carbocycles. The Morgan fingerprint density at radius 3 is 2.60 bits per heavy atom. The predicted octanol–water partition coefficient (Wildman–Crippen LogP) is 1.58. The normalized spacial score (nSPS) is 14.9. The first kappa shape index (κ1) is 17.1. The molecule has 2 aromatic rings. The summed E-state index contributed by atoms with van der Waals surface area (Å²) in [6.07, 6.45) is 6.69. The number of tetrazole rings is 1. The van der Waals surface area contributed by atoms with Crippen LogP contribution in [0.5, 0.6) is 0 Å². The van der Waals surface area contributed by atoms with Gasteiger partial charge in [0.25, 0.3) is 5.91 Å². The number of para-hydroxylation sites is 1. The lowest BCUT2D eigenvalue weighted by Crippen LogP contribution is -2.44. The Labute approximate surface area is 145 Å². The van der Waals surface area contributed by atoms with E-state index in [-0.39, 0.29) is 25.1 Å². The van der Waals surface area contributed by atoms with Crippen molar-refractivity contribution in [3.63, 3.8) is 0 Å². The summed E-state index contributed by atoms with van der Waals surface area (Å²) in [5.74, 6) is -0.750. The number of ether oxygens (including phenoxy) is 1. The molecule has 1 aliphatic carbocycles. The Hall–Kier alpha value is -2.77. The molecule has 0 radical (unpaired) electrons. The number of aromatic nitrogens is 4. The SMILES string of the molecule is O=C(Cn1cnnn1)OCC(=O)N(c1ccccc1)C1CCCCC1. The van der Waals surface area contributed by atoms with Gasteiger partial charge in [-0.25, -0.2) is 4.68 Å². The molecule has 1 fully saturated rings. The van der Waals surface area contributed by atoms with Gasteiger partial charge in [0.05, 0.1) is 0 Å². The average Bonchev–Trinajstić information content (AvgIpc) is 3.15. The van der Waals surface area contributed by atoms with Crippen LogP contribution in [-0.4, -0.2) is 44.7 Å². The summed E-state index contributed by atoms with van der Waals surface area (Å²) in [7, 11) is 0. The van der Waals surface area contributed by atoms with Crippen molar-refractivity contribution in [2.75, 3.05) is 11.5 Å². The minimum absolute atomic E-state index is 0.116. The van der Waals surface area contributed by atoms with E-state index in [2.05, 4.69) is 15.5 Å². The highest BCUT2D eigenvalue weighted by atomic mass is 16.5. The molecule has 8 nitrogen and oxygen atoms in total. The lowest BCUT2D eigenvalue weighted by Gasteiger charge is -2.34. The van der Waals surface area contributed by atoms with Crippen molar-refractivity contribution < 1.29 is 14.3 Å². The fourth-order valence-corrected chi connectivity index (χ4v) is 3.13. The van der Waals surface area contributed by atoms with E-state index in [1.807, 2.05) is 30.3 Å². The fraction of sp³-hybridized carbons (Fsp3) is 0.471. The van der Waals surface area contributed by atoms with Crippen molar-refractivity contribution in [3.8, 4) is 0 Å². The molecule has 1 aromatic heterocycles. The highest BCUT2D eigenvalue weighted by Gasteiger charge is 2.27.